The molecule has 0 saturated heterocycles. The van der Waals surface area contributed by atoms with Gasteiger partial charge in [0, 0.05) is 0 Å². The van der Waals surface area contributed by atoms with Crippen molar-refractivity contribution in [2.75, 3.05) is 6.61 Å². The van der Waals surface area contributed by atoms with Crippen LogP contribution in [-0.4, -0.2) is 52.9 Å². The lowest BCUT2D eigenvalue weighted by Crippen LogP contribution is -2.48. The Morgan fingerprint density at radius 2 is 1.45 bits per heavy atom. The normalized spacial score (nSPS) is 12.5. The molecule has 5 N–H and O–H groups in total. The van der Waals surface area contributed by atoms with E-state index in [9.17, 15) is 27.9 Å². The van der Waals surface area contributed by atoms with Crippen molar-refractivity contribution in [3.8, 4) is 0 Å². The Morgan fingerprint density at radius 3 is 1.91 bits per heavy atom. The summed E-state index contributed by atoms with van der Waals surface area (Å²) in [4.78, 5) is 32.9. The molecule has 0 aliphatic heterocycles. The summed E-state index contributed by atoms with van der Waals surface area (Å²) in [5.74, 6) is -3.79. The minimum Gasteiger partial charge on any atom is -0.475 e. The van der Waals surface area contributed by atoms with Gasteiger partial charge in [0.25, 0.3) is 0 Å². The second-order valence-corrected chi connectivity index (χ2v) is 6.84. The highest BCUT2D eigenvalue weighted by Crippen LogP contribution is 2.13. The third-order valence-corrected chi connectivity index (χ3v) is 4.10. The van der Waals surface area contributed by atoms with Crippen molar-refractivity contribution in [3.05, 3.63) is 71.8 Å². The summed E-state index contributed by atoms with van der Waals surface area (Å²) in [6, 6.07) is 17.3. The van der Waals surface area contributed by atoms with E-state index in [1.165, 1.54) is 0 Å². The molecule has 2 aromatic rings. The van der Waals surface area contributed by atoms with Crippen LogP contribution in [0, 0.1) is 0 Å². The lowest BCUT2D eigenvalue weighted by atomic mass is 10.1. The van der Waals surface area contributed by atoms with E-state index in [0.717, 1.165) is 11.1 Å². The number of carboxylic acid groups (broad SMARTS) is 1. The summed E-state index contributed by atoms with van der Waals surface area (Å²) in [5, 5.41) is 19.3. The van der Waals surface area contributed by atoms with Crippen molar-refractivity contribution in [3.63, 3.8) is 0 Å². The van der Waals surface area contributed by atoms with Crippen LogP contribution in [0.4, 0.5) is 13.2 Å². The minimum absolute atomic E-state index is 0.140. The van der Waals surface area contributed by atoms with Gasteiger partial charge in [0.2, 0.25) is 5.91 Å². The number of carbonyl (C=O) groups excluding carboxylic acids is 2. The molecular weight excluding hydrogens is 445 g/mol. The van der Waals surface area contributed by atoms with E-state index in [1.807, 2.05) is 60.7 Å². The lowest BCUT2D eigenvalue weighted by Gasteiger charge is -2.19. The fourth-order valence-electron chi connectivity index (χ4n) is 2.44. The maximum absolute atomic E-state index is 12.2. The van der Waals surface area contributed by atoms with Gasteiger partial charge in [-0.15, -0.1) is 0 Å². The van der Waals surface area contributed by atoms with E-state index >= 15 is 0 Å². The number of carbonyl (C=O) groups is 3. The minimum atomic E-state index is -5.08. The molecule has 11 heteroatoms. The maximum atomic E-state index is 12.2. The van der Waals surface area contributed by atoms with Gasteiger partial charge in [-0.05, 0) is 17.5 Å². The SMILES string of the molecule is N[C@H](CC(=O)OCc1ccccc1)C(=O)N[C@H](CO)Cc1ccccc1.O=C(O)C(F)(F)F. The number of nitrogens with two attached hydrogens (primary N) is 1. The molecule has 0 fully saturated rings. The van der Waals surface area contributed by atoms with Crippen LogP contribution in [0.25, 0.3) is 0 Å². The van der Waals surface area contributed by atoms with Crippen molar-refractivity contribution >= 4 is 17.8 Å². The number of aliphatic hydroxyl groups excluding tert-OH is 1. The predicted octanol–water partition coefficient (Wildman–Crippen LogP) is 1.80. The first-order chi connectivity index (χ1) is 15.5. The van der Waals surface area contributed by atoms with Gasteiger partial charge in [0.15, 0.2) is 0 Å². The van der Waals surface area contributed by atoms with E-state index in [1.54, 1.807) is 0 Å². The molecule has 180 valence electrons. The number of carboxylic acids is 1. The Kier molecular flexibility index (Phi) is 11.6. The van der Waals surface area contributed by atoms with Crippen LogP contribution >= 0.6 is 0 Å². The van der Waals surface area contributed by atoms with Gasteiger partial charge in [-0.25, -0.2) is 4.79 Å². The summed E-state index contributed by atoms with van der Waals surface area (Å²) in [5.41, 5.74) is 7.64. The second-order valence-electron chi connectivity index (χ2n) is 6.84. The lowest BCUT2D eigenvalue weighted by molar-refractivity contribution is -0.192. The number of amides is 1. The van der Waals surface area contributed by atoms with Crippen LogP contribution in [0.15, 0.2) is 60.7 Å². The fraction of sp³-hybridized carbons (Fsp3) is 0.318. The van der Waals surface area contributed by atoms with Crippen molar-refractivity contribution in [1.29, 1.82) is 0 Å². The van der Waals surface area contributed by atoms with E-state index in [2.05, 4.69) is 5.32 Å². The van der Waals surface area contributed by atoms with Gasteiger partial charge in [0.1, 0.15) is 6.61 Å². The van der Waals surface area contributed by atoms with E-state index in [0.29, 0.717) is 6.42 Å². The van der Waals surface area contributed by atoms with Gasteiger partial charge in [-0.3, -0.25) is 9.59 Å². The van der Waals surface area contributed by atoms with Crippen LogP contribution in [0.3, 0.4) is 0 Å². The number of halogens is 3. The van der Waals surface area contributed by atoms with Crippen LogP contribution in [0.5, 0.6) is 0 Å². The number of hydrogen-bond donors (Lipinski definition) is 4. The van der Waals surface area contributed by atoms with Gasteiger partial charge < -0.3 is 26.0 Å². The molecular formula is C22H25F3N2O6. The standard InChI is InChI=1S/C20H24N2O4.C2HF3O2/c21-18(12-19(24)26-14-16-9-5-2-6-10-16)20(25)22-17(13-23)11-15-7-3-1-4-8-15;3-2(4,5)1(6)7/h1-10,17-18,23H,11-14,21H2,(H,22,25);(H,6,7)/t17-,18+;/m0./s1. The van der Waals surface area contributed by atoms with Crippen LogP contribution in [-0.2, 0) is 32.1 Å². The summed E-state index contributed by atoms with van der Waals surface area (Å²) < 4.78 is 36.9. The number of aliphatic hydroxyl groups is 1. The molecule has 0 aliphatic carbocycles. The van der Waals surface area contributed by atoms with Crippen molar-refractivity contribution in [2.45, 2.75) is 37.7 Å². The van der Waals surface area contributed by atoms with Crippen LogP contribution < -0.4 is 11.1 Å². The molecule has 0 saturated carbocycles. The van der Waals surface area contributed by atoms with E-state index < -0.39 is 36.1 Å². The van der Waals surface area contributed by atoms with Crippen molar-refractivity contribution < 1.29 is 42.5 Å². The molecule has 2 atom stereocenters. The average Bonchev–Trinajstić information content (AvgIpc) is 2.78. The number of ether oxygens (including phenoxy) is 1. The summed E-state index contributed by atoms with van der Waals surface area (Å²) in [6.45, 7) is -0.0763. The smallest absolute Gasteiger partial charge is 0.475 e. The van der Waals surface area contributed by atoms with E-state index in [4.69, 9.17) is 20.4 Å². The van der Waals surface area contributed by atoms with E-state index in [-0.39, 0.29) is 19.6 Å². The number of rotatable bonds is 9. The molecule has 0 aliphatic rings. The molecule has 0 unspecified atom stereocenters. The largest absolute Gasteiger partial charge is 0.490 e. The molecule has 0 aromatic heterocycles. The zero-order valence-corrected chi connectivity index (χ0v) is 17.5. The number of esters is 1. The predicted molar refractivity (Wildman–Crippen MR) is 112 cm³/mol. The molecule has 0 heterocycles. The molecule has 0 bridgehead atoms. The molecule has 8 nitrogen and oxygen atoms in total. The number of aliphatic carboxylic acids is 1. The topological polar surface area (TPSA) is 139 Å². The number of alkyl halides is 3. The third kappa shape index (κ3) is 11.7. The monoisotopic (exact) mass is 470 g/mol. The quantitative estimate of drug-likeness (QED) is 0.410. The summed E-state index contributed by atoms with van der Waals surface area (Å²) >= 11 is 0. The molecule has 0 radical (unpaired) electrons. The Morgan fingerprint density at radius 1 is 0.970 bits per heavy atom. The first-order valence-corrected chi connectivity index (χ1v) is 9.73. The Labute approximate surface area is 188 Å². The Hall–Kier alpha value is -3.44. The third-order valence-electron chi connectivity index (χ3n) is 4.10. The van der Waals surface area contributed by atoms with Gasteiger partial charge >= 0.3 is 18.1 Å². The molecule has 1 amide bonds. The van der Waals surface area contributed by atoms with Gasteiger partial charge in [-0.2, -0.15) is 13.2 Å². The second kappa shape index (κ2) is 13.9. The van der Waals surface area contributed by atoms with Crippen molar-refractivity contribution in [2.24, 2.45) is 5.73 Å². The Balaban J connectivity index is 0.000000675. The zero-order valence-electron chi connectivity index (χ0n) is 17.5. The van der Waals surface area contributed by atoms with Crippen LogP contribution in [0.1, 0.15) is 17.5 Å². The summed E-state index contributed by atoms with van der Waals surface area (Å²) in [6.07, 6.45) is -4.82. The van der Waals surface area contributed by atoms with Crippen molar-refractivity contribution in [1.82, 2.24) is 5.32 Å². The molecule has 2 aromatic carbocycles. The summed E-state index contributed by atoms with van der Waals surface area (Å²) in [7, 11) is 0. The number of nitrogens with one attached hydrogen (secondary N) is 1. The zero-order chi connectivity index (χ0) is 24.9. The van der Waals surface area contributed by atoms with Gasteiger partial charge in [0.05, 0.1) is 25.1 Å². The average molecular weight is 470 g/mol. The van der Waals surface area contributed by atoms with Gasteiger partial charge in [-0.1, -0.05) is 60.7 Å². The Bertz CT molecular complexity index is 879. The molecule has 0 spiro atoms. The first kappa shape index (κ1) is 27.6. The first-order valence-electron chi connectivity index (χ1n) is 9.73. The fourth-order valence-corrected chi connectivity index (χ4v) is 2.44. The number of hydrogen-bond acceptors (Lipinski definition) is 6. The number of benzene rings is 2. The molecule has 33 heavy (non-hydrogen) atoms. The molecule has 2 rings (SSSR count). The highest BCUT2D eigenvalue weighted by molar-refractivity contribution is 5.86. The highest BCUT2D eigenvalue weighted by Gasteiger charge is 2.38. The maximum Gasteiger partial charge on any atom is 0.490 e. The van der Waals surface area contributed by atoms with Crippen LogP contribution in [0.2, 0.25) is 0 Å². The highest BCUT2D eigenvalue weighted by atomic mass is 19.4.